The van der Waals surface area contributed by atoms with Crippen molar-refractivity contribution in [3.63, 3.8) is 0 Å². The van der Waals surface area contributed by atoms with E-state index in [1.165, 1.54) is 0 Å². The Morgan fingerprint density at radius 2 is 1.62 bits per heavy atom. The molecule has 2 atom stereocenters. The zero-order valence-corrected chi connectivity index (χ0v) is 12.1. The first-order valence-corrected chi connectivity index (χ1v) is 7.03. The van der Waals surface area contributed by atoms with E-state index in [1.54, 1.807) is 13.8 Å². The topological polar surface area (TPSA) is 94.8 Å². The van der Waals surface area contributed by atoms with Gasteiger partial charge in [-0.2, -0.15) is 0 Å². The first kappa shape index (κ1) is 15.5. The van der Waals surface area contributed by atoms with Gasteiger partial charge in [-0.15, -0.1) is 0 Å². The largest absolute Gasteiger partial charge is 0.481 e. The van der Waals surface area contributed by atoms with Crippen molar-refractivity contribution in [1.82, 2.24) is 0 Å². The van der Waals surface area contributed by atoms with E-state index < -0.39 is 35.3 Å². The summed E-state index contributed by atoms with van der Waals surface area (Å²) in [5.74, 6) is -5.18. The van der Waals surface area contributed by atoms with Gasteiger partial charge in [-0.05, 0) is 29.9 Å². The molecule has 1 aliphatic rings. The molecule has 114 valence electrons. The number of rotatable bonds is 5. The monoisotopic (exact) mass is 292 g/mol. The fourth-order valence-corrected chi connectivity index (χ4v) is 3.41. The molecule has 0 heterocycles. The third-order valence-corrected chi connectivity index (χ3v) is 4.42. The molecule has 0 amide bonds. The van der Waals surface area contributed by atoms with Gasteiger partial charge in [0.2, 0.25) is 0 Å². The van der Waals surface area contributed by atoms with Gasteiger partial charge < -0.3 is 15.3 Å². The number of carboxylic acid groups (broad SMARTS) is 2. The highest BCUT2D eigenvalue weighted by Gasteiger charge is 2.55. The zero-order valence-electron chi connectivity index (χ0n) is 12.1. The number of aliphatic hydroxyl groups is 1. The number of carboxylic acids is 2. The van der Waals surface area contributed by atoms with E-state index in [-0.39, 0.29) is 0 Å². The summed E-state index contributed by atoms with van der Waals surface area (Å²) >= 11 is 0. The summed E-state index contributed by atoms with van der Waals surface area (Å²) in [5.41, 5.74) is -0.302. The average molecular weight is 292 g/mol. The van der Waals surface area contributed by atoms with E-state index in [4.69, 9.17) is 0 Å². The summed E-state index contributed by atoms with van der Waals surface area (Å²) < 4.78 is 0. The van der Waals surface area contributed by atoms with Crippen LogP contribution < -0.4 is 0 Å². The van der Waals surface area contributed by atoms with Crippen LogP contribution >= 0.6 is 0 Å². The molecule has 1 aromatic carbocycles. The summed E-state index contributed by atoms with van der Waals surface area (Å²) in [6.07, 6.45) is 0.769. The van der Waals surface area contributed by atoms with Crippen molar-refractivity contribution in [1.29, 1.82) is 0 Å². The molecule has 0 aromatic heterocycles. The Hall–Kier alpha value is -1.88. The fraction of sp³-hybridized carbons (Fsp3) is 0.500. The number of hydrogen-bond donors (Lipinski definition) is 3. The lowest BCUT2D eigenvalue weighted by Crippen LogP contribution is -2.56. The highest BCUT2D eigenvalue weighted by Crippen LogP contribution is 2.40. The van der Waals surface area contributed by atoms with E-state index in [1.807, 2.05) is 24.3 Å². The second-order valence-corrected chi connectivity index (χ2v) is 6.06. The Morgan fingerprint density at radius 3 is 1.95 bits per heavy atom. The first-order valence-electron chi connectivity index (χ1n) is 7.03. The molecule has 0 bridgehead atoms. The van der Waals surface area contributed by atoms with Gasteiger partial charge in [0.25, 0.3) is 0 Å². The van der Waals surface area contributed by atoms with Crippen molar-refractivity contribution in [2.75, 3.05) is 0 Å². The predicted octanol–water partition coefficient (Wildman–Crippen LogP) is 1.57. The summed E-state index contributed by atoms with van der Waals surface area (Å²) in [4.78, 5) is 23.2. The third-order valence-electron chi connectivity index (χ3n) is 4.42. The lowest BCUT2D eigenvalue weighted by atomic mass is 9.71. The van der Waals surface area contributed by atoms with Crippen LogP contribution in [0.4, 0.5) is 0 Å². The van der Waals surface area contributed by atoms with Gasteiger partial charge in [0, 0.05) is 5.92 Å². The van der Waals surface area contributed by atoms with Crippen molar-refractivity contribution in [2.45, 2.75) is 32.3 Å². The minimum absolute atomic E-state index is 0.384. The molecule has 5 heteroatoms. The average Bonchev–Trinajstić information content (AvgIpc) is 2.81. The minimum atomic E-state index is -2.26. The van der Waals surface area contributed by atoms with Gasteiger partial charge >= 0.3 is 11.9 Å². The SMILES string of the molecule is CC(C)C(C(=O)O)C(O)(C(=O)O)C1Cc2ccccc2C1. The van der Waals surface area contributed by atoms with Crippen molar-refractivity contribution in [2.24, 2.45) is 17.8 Å². The molecule has 0 saturated carbocycles. The van der Waals surface area contributed by atoms with Gasteiger partial charge in [-0.25, -0.2) is 4.79 Å². The Kier molecular flexibility index (Phi) is 4.05. The molecule has 2 rings (SSSR count). The van der Waals surface area contributed by atoms with Crippen LogP contribution in [0.1, 0.15) is 25.0 Å². The zero-order chi connectivity index (χ0) is 15.8. The minimum Gasteiger partial charge on any atom is -0.481 e. The van der Waals surface area contributed by atoms with Crippen molar-refractivity contribution in [3.8, 4) is 0 Å². The van der Waals surface area contributed by atoms with Crippen molar-refractivity contribution >= 4 is 11.9 Å². The van der Waals surface area contributed by atoms with Crippen LogP contribution in [0.15, 0.2) is 24.3 Å². The van der Waals surface area contributed by atoms with Crippen LogP contribution in [0.3, 0.4) is 0 Å². The molecule has 2 unspecified atom stereocenters. The maximum Gasteiger partial charge on any atom is 0.336 e. The van der Waals surface area contributed by atoms with E-state index in [2.05, 4.69) is 0 Å². The van der Waals surface area contributed by atoms with Crippen LogP contribution in [0, 0.1) is 17.8 Å². The third kappa shape index (κ3) is 2.53. The fourth-order valence-electron chi connectivity index (χ4n) is 3.41. The first-order chi connectivity index (χ1) is 9.78. The molecule has 0 saturated heterocycles. The normalized spacial score (nSPS) is 19.0. The molecule has 21 heavy (non-hydrogen) atoms. The van der Waals surface area contributed by atoms with Crippen molar-refractivity contribution in [3.05, 3.63) is 35.4 Å². The number of carbonyl (C=O) groups is 2. The second kappa shape index (κ2) is 5.48. The molecular weight excluding hydrogens is 272 g/mol. The van der Waals surface area contributed by atoms with Gasteiger partial charge in [0.1, 0.15) is 0 Å². The molecule has 0 radical (unpaired) electrons. The standard InChI is InChI=1S/C16H20O5/c1-9(2)13(14(17)18)16(21,15(19)20)12-7-10-5-3-4-6-11(10)8-12/h3-6,9,12-13,21H,7-8H2,1-2H3,(H,17,18)(H,19,20). The quantitative estimate of drug-likeness (QED) is 0.766. The van der Waals surface area contributed by atoms with Crippen LogP contribution in [-0.2, 0) is 22.4 Å². The second-order valence-electron chi connectivity index (χ2n) is 6.06. The van der Waals surface area contributed by atoms with Gasteiger partial charge in [0.15, 0.2) is 5.60 Å². The number of hydrogen-bond acceptors (Lipinski definition) is 3. The van der Waals surface area contributed by atoms with Crippen LogP contribution in [0.5, 0.6) is 0 Å². The van der Waals surface area contributed by atoms with E-state index in [0.29, 0.717) is 12.8 Å². The maximum atomic E-state index is 11.7. The van der Waals surface area contributed by atoms with Gasteiger partial charge in [0.05, 0.1) is 5.92 Å². The molecule has 5 nitrogen and oxygen atoms in total. The predicted molar refractivity (Wildman–Crippen MR) is 75.9 cm³/mol. The molecule has 1 aromatic rings. The Morgan fingerprint density at radius 1 is 1.14 bits per heavy atom. The molecule has 3 N–H and O–H groups in total. The summed E-state index contributed by atoms with van der Waals surface area (Å²) in [6.45, 7) is 3.24. The van der Waals surface area contributed by atoms with Crippen molar-refractivity contribution < 1.29 is 24.9 Å². The van der Waals surface area contributed by atoms with Crippen LogP contribution in [-0.4, -0.2) is 32.9 Å². The Labute approximate surface area is 123 Å². The summed E-state index contributed by atoms with van der Waals surface area (Å²) in [5, 5.41) is 29.7. The van der Waals surface area contributed by atoms with E-state index in [9.17, 15) is 24.9 Å². The lowest BCUT2D eigenvalue weighted by Gasteiger charge is -2.36. The molecule has 1 aliphatic carbocycles. The summed E-state index contributed by atoms with van der Waals surface area (Å²) in [6, 6.07) is 7.50. The van der Waals surface area contributed by atoms with Gasteiger partial charge in [-0.3, -0.25) is 4.79 Å². The molecule has 0 aliphatic heterocycles. The molecule has 0 spiro atoms. The highest BCUT2D eigenvalue weighted by molar-refractivity contribution is 5.86. The number of benzene rings is 1. The summed E-state index contributed by atoms with van der Waals surface area (Å²) in [7, 11) is 0. The van der Waals surface area contributed by atoms with Crippen LogP contribution in [0.25, 0.3) is 0 Å². The van der Waals surface area contributed by atoms with Crippen LogP contribution in [0.2, 0.25) is 0 Å². The maximum absolute atomic E-state index is 11.7. The Bertz CT molecular complexity index is 541. The Balaban J connectivity index is 2.41. The van der Waals surface area contributed by atoms with E-state index >= 15 is 0 Å². The van der Waals surface area contributed by atoms with Gasteiger partial charge in [-0.1, -0.05) is 38.1 Å². The molecular formula is C16H20O5. The number of aliphatic carboxylic acids is 2. The number of fused-ring (bicyclic) bond motifs is 1. The van der Waals surface area contributed by atoms with E-state index in [0.717, 1.165) is 11.1 Å². The highest BCUT2D eigenvalue weighted by atomic mass is 16.4. The smallest absolute Gasteiger partial charge is 0.336 e. The lowest BCUT2D eigenvalue weighted by molar-refractivity contribution is -0.185. The molecule has 0 fully saturated rings.